The standard InChI is InChI=1S/C18H24N2O3/c1-21-15-4-5-18-13(7-15)8-16(23-18)9-19-10-17-11-20-6-2-3-14(20)12-22-17/h4-5,7-8,14,17,19H,2-3,6,9-12H2,1H3/t14-,17+/m0/s1. The van der Waals surface area contributed by atoms with Crippen molar-refractivity contribution < 1.29 is 13.9 Å². The molecule has 0 bridgehead atoms. The number of nitrogens with zero attached hydrogens (tertiary/aromatic N) is 1. The van der Waals surface area contributed by atoms with Crippen LogP contribution in [0.1, 0.15) is 18.6 Å². The molecule has 5 nitrogen and oxygen atoms in total. The smallest absolute Gasteiger partial charge is 0.134 e. The fraction of sp³-hybridized carbons (Fsp3) is 0.556. The molecule has 2 aliphatic rings. The van der Waals surface area contributed by atoms with Crippen molar-refractivity contribution in [1.82, 2.24) is 10.2 Å². The van der Waals surface area contributed by atoms with Crippen molar-refractivity contribution in [2.24, 2.45) is 0 Å². The van der Waals surface area contributed by atoms with Gasteiger partial charge in [0, 0.05) is 24.5 Å². The molecule has 1 N–H and O–H groups in total. The first kappa shape index (κ1) is 15.0. The molecule has 2 saturated heterocycles. The van der Waals surface area contributed by atoms with E-state index in [9.17, 15) is 0 Å². The third-order valence-electron chi connectivity index (χ3n) is 4.91. The number of ether oxygens (including phenoxy) is 2. The molecule has 23 heavy (non-hydrogen) atoms. The lowest BCUT2D eigenvalue weighted by Gasteiger charge is -2.35. The number of hydrogen-bond donors (Lipinski definition) is 1. The second kappa shape index (κ2) is 6.51. The van der Waals surface area contributed by atoms with E-state index in [4.69, 9.17) is 13.9 Å². The van der Waals surface area contributed by atoms with Crippen molar-refractivity contribution in [1.29, 1.82) is 0 Å². The highest BCUT2D eigenvalue weighted by Crippen LogP contribution is 2.24. The van der Waals surface area contributed by atoms with Crippen molar-refractivity contribution >= 4 is 11.0 Å². The molecule has 2 aromatic rings. The van der Waals surface area contributed by atoms with E-state index in [-0.39, 0.29) is 6.10 Å². The third kappa shape index (κ3) is 3.22. The number of fused-ring (bicyclic) bond motifs is 2. The van der Waals surface area contributed by atoms with E-state index < -0.39 is 0 Å². The Morgan fingerprint density at radius 1 is 1.35 bits per heavy atom. The number of hydrogen-bond acceptors (Lipinski definition) is 5. The number of benzene rings is 1. The number of furan rings is 1. The Labute approximate surface area is 136 Å². The molecule has 2 fully saturated rings. The topological polar surface area (TPSA) is 46.9 Å². The molecule has 2 aliphatic heterocycles. The Morgan fingerprint density at radius 3 is 3.22 bits per heavy atom. The summed E-state index contributed by atoms with van der Waals surface area (Å²) in [5, 5.41) is 4.54. The molecule has 0 unspecified atom stereocenters. The highest BCUT2D eigenvalue weighted by atomic mass is 16.5. The van der Waals surface area contributed by atoms with E-state index in [2.05, 4.69) is 16.3 Å². The summed E-state index contributed by atoms with van der Waals surface area (Å²) in [6, 6.07) is 8.61. The lowest BCUT2D eigenvalue weighted by atomic mass is 10.2. The molecule has 4 rings (SSSR count). The van der Waals surface area contributed by atoms with Gasteiger partial charge in [0.25, 0.3) is 0 Å². The quantitative estimate of drug-likeness (QED) is 0.918. The lowest BCUT2D eigenvalue weighted by Crippen LogP contribution is -2.49. The Bertz CT molecular complexity index is 669. The summed E-state index contributed by atoms with van der Waals surface area (Å²) in [6.07, 6.45) is 2.90. The van der Waals surface area contributed by atoms with E-state index in [1.165, 1.54) is 19.4 Å². The Kier molecular flexibility index (Phi) is 4.25. The normalized spacial score (nSPS) is 24.9. The molecule has 1 aromatic carbocycles. The SMILES string of the molecule is COc1ccc2oc(CNC[C@@H]3CN4CCC[C@H]4CO3)cc2c1. The highest BCUT2D eigenvalue weighted by Gasteiger charge is 2.31. The van der Waals surface area contributed by atoms with Crippen molar-refractivity contribution in [2.45, 2.75) is 31.5 Å². The van der Waals surface area contributed by atoms with Gasteiger partial charge in [-0.25, -0.2) is 0 Å². The van der Waals surface area contributed by atoms with Gasteiger partial charge in [-0.15, -0.1) is 0 Å². The molecule has 0 saturated carbocycles. The second-order valence-electron chi connectivity index (χ2n) is 6.49. The maximum Gasteiger partial charge on any atom is 0.134 e. The fourth-order valence-corrected chi connectivity index (χ4v) is 3.66. The molecule has 1 aromatic heterocycles. The van der Waals surface area contributed by atoms with Gasteiger partial charge in [0.15, 0.2) is 0 Å². The number of nitrogens with one attached hydrogen (secondary N) is 1. The van der Waals surface area contributed by atoms with E-state index in [1.807, 2.05) is 18.2 Å². The zero-order valence-electron chi connectivity index (χ0n) is 13.6. The molecule has 2 atom stereocenters. The van der Waals surface area contributed by atoms with Crippen LogP contribution in [0.4, 0.5) is 0 Å². The largest absolute Gasteiger partial charge is 0.497 e. The van der Waals surface area contributed by atoms with Gasteiger partial charge in [-0.05, 0) is 43.7 Å². The van der Waals surface area contributed by atoms with Crippen LogP contribution in [0.15, 0.2) is 28.7 Å². The molecule has 0 spiro atoms. The summed E-state index contributed by atoms with van der Waals surface area (Å²) >= 11 is 0. The van der Waals surface area contributed by atoms with Gasteiger partial charge in [-0.1, -0.05) is 0 Å². The van der Waals surface area contributed by atoms with Gasteiger partial charge >= 0.3 is 0 Å². The Morgan fingerprint density at radius 2 is 2.30 bits per heavy atom. The predicted octanol–water partition coefficient (Wildman–Crippen LogP) is 2.39. The van der Waals surface area contributed by atoms with Crippen molar-refractivity contribution in [3.63, 3.8) is 0 Å². The highest BCUT2D eigenvalue weighted by molar-refractivity contribution is 5.79. The van der Waals surface area contributed by atoms with Crippen LogP contribution in [-0.2, 0) is 11.3 Å². The van der Waals surface area contributed by atoms with Crippen molar-refractivity contribution in [3.8, 4) is 5.75 Å². The molecule has 0 aliphatic carbocycles. The van der Waals surface area contributed by atoms with E-state index >= 15 is 0 Å². The summed E-state index contributed by atoms with van der Waals surface area (Å²) in [5.74, 6) is 1.80. The third-order valence-corrected chi connectivity index (χ3v) is 4.91. The minimum atomic E-state index is 0.286. The average molecular weight is 316 g/mol. The maximum absolute atomic E-state index is 5.97. The molecular formula is C18H24N2O3. The number of morpholine rings is 1. The maximum atomic E-state index is 5.97. The zero-order valence-corrected chi connectivity index (χ0v) is 13.6. The Hall–Kier alpha value is -1.56. The minimum absolute atomic E-state index is 0.286. The molecule has 0 radical (unpaired) electrons. The predicted molar refractivity (Wildman–Crippen MR) is 88.8 cm³/mol. The van der Waals surface area contributed by atoms with Crippen molar-refractivity contribution in [2.75, 3.05) is 33.4 Å². The van der Waals surface area contributed by atoms with E-state index in [0.717, 1.165) is 48.7 Å². The van der Waals surface area contributed by atoms with Crippen LogP contribution in [0, 0.1) is 0 Å². The molecule has 0 amide bonds. The number of rotatable bonds is 5. The van der Waals surface area contributed by atoms with Gasteiger partial charge in [0.05, 0.1) is 26.4 Å². The molecule has 3 heterocycles. The first-order valence-corrected chi connectivity index (χ1v) is 8.44. The first-order valence-electron chi connectivity index (χ1n) is 8.44. The van der Waals surface area contributed by atoms with Crippen LogP contribution >= 0.6 is 0 Å². The van der Waals surface area contributed by atoms with Gasteiger partial charge in [0.1, 0.15) is 17.1 Å². The molecule has 5 heteroatoms. The fourth-order valence-electron chi connectivity index (χ4n) is 3.66. The summed E-state index contributed by atoms with van der Waals surface area (Å²) in [7, 11) is 1.68. The minimum Gasteiger partial charge on any atom is -0.497 e. The van der Waals surface area contributed by atoms with Crippen molar-refractivity contribution in [3.05, 3.63) is 30.0 Å². The summed E-state index contributed by atoms with van der Waals surface area (Å²) in [4.78, 5) is 2.57. The second-order valence-corrected chi connectivity index (χ2v) is 6.49. The Balaban J connectivity index is 1.31. The van der Waals surface area contributed by atoms with Crippen LogP contribution in [0.25, 0.3) is 11.0 Å². The zero-order chi connectivity index (χ0) is 15.6. The van der Waals surface area contributed by atoms with Crippen LogP contribution in [0.3, 0.4) is 0 Å². The molecular weight excluding hydrogens is 292 g/mol. The van der Waals surface area contributed by atoms with E-state index in [0.29, 0.717) is 6.04 Å². The van der Waals surface area contributed by atoms with Crippen LogP contribution in [0.5, 0.6) is 5.75 Å². The number of methoxy groups -OCH3 is 1. The van der Waals surface area contributed by atoms with E-state index in [1.54, 1.807) is 7.11 Å². The summed E-state index contributed by atoms with van der Waals surface area (Å²) in [5.41, 5.74) is 0.899. The van der Waals surface area contributed by atoms with Gasteiger partial charge < -0.3 is 19.2 Å². The van der Waals surface area contributed by atoms with Crippen LogP contribution < -0.4 is 10.1 Å². The molecule has 124 valence electrons. The first-order chi connectivity index (χ1) is 11.3. The van der Waals surface area contributed by atoms with Crippen LogP contribution in [-0.4, -0.2) is 50.4 Å². The van der Waals surface area contributed by atoms with Gasteiger partial charge in [-0.3, -0.25) is 4.90 Å². The average Bonchev–Trinajstić information content (AvgIpc) is 3.19. The summed E-state index contributed by atoms with van der Waals surface area (Å²) < 4.78 is 17.1. The lowest BCUT2D eigenvalue weighted by molar-refractivity contribution is -0.0471. The van der Waals surface area contributed by atoms with Gasteiger partial charge in [-0.2, -0.15) is 0 Å². The monoisotopic (exact) mass is 316 g/mol. The summed E-state index contributed by atoms with van der Waals surface area (Å²) in [6.45, 7) is 4.76. The van der Waals surface area contributed by atoms with Gasteiger partial charge in [0.2, 0.25) is 0 Å². The van der Waals surface area contributed by atoms with Crippen LogP contribution in [0.2, 0.25) is 0 Å².